The van der Waals surface area contributed by atoms with Gasteiger partial charge in [0.1, 0.15) is 0 Å². The van der Waals surface area contributed by atoms with Crippen LogP contribution in [0.1, 0.15) is 64.8 Å². The van der Waals surface area contributed by atoms with Crippen LogP contribution in [0.5, 0.6) is 0 Å². The minimum absolute atomic E-state index is 0.152. The van der Waals surface area contributed by atoms with Crippen molar-refractivity contribution < 1.29 is 0 Å². The van der Waals surface area contributed by atoms with E-state index >= 15 is 0 Å². The largest absolute Gasteiger partial charge is 0.268 e. The van der Waals surface area contributed by atoms with E-state index < -0.39 is 0 Å². The van der Waals surface area contributed by atoms with Crippen LogP contribution in [-0.4, -0.2) is 15.7 Å². The number of rotatable bonds is 9. The Kier molecular flexibility index (Phi) is 7.39. The molecule has 0 radical (unpaired) electrons. The molecule has 1 aromatic rings. The molecular weight excluding hydrogens is 291 g/mol. The quantitative estimate of drug-likeness (QED) is 0.551. The fraction of sp³-hybridized carbons (Fsp3) is 0.812. The Hall–Kier alpha value is -0.210. The van der Waals surface area contributed by atoms with Crippen molar-refractivity contribution in [1.29, 1.82) is 0 Å². The number of alkyl halides is 1. The van der Waals surface area contributed by atoms with Crippen molar-refractivity contribution >= 4 is 23.2 Å². The summed E-state index contributed by atoms with van der Waals surface area (Å²) in [6.45, 7) is 9.55. The summed E-state index contributed by atoms with van der Waals surface area (Å²) in [7, 11) is 0. The van der Waals surface area contributed by atoms with Crippen molar-refractivity contribution in [1.82, 2.24) is 9.78 Å². The van der Waals surface area contributed by atoms with E-state index in [0.29, 0.717) is 5.88 Å². The molecular formula is C16H28Cl2N2. The smallest absolute Gasteiger partial charge is 0.0850 e. The van der Waals surface area contributed by atoms with Crippen LogP contribution >= 0.6 is 23.2 Å². The lowest BCUT2D eigenvalue weighted by atomic mass is 9.78. The van der Waals surface area contributed by atoms with Gasteiger partial charge in [-0.3, -0.25) is 4.68 Å². The Labute approximate surface area is 133 Å². The normalized spacial score (nSPS) is 14.5. The van der Waals surface area contributed by atoms with Gasteiger partial charge in [-0.1, -0.05) is 45.2 Å². The number of halogens is 2. The molecule has 0 saturated heterocycles. The van der Waals surface area contributed by atoms with Crippen molar-refractivity contribution in [3.63, 3.8) is 0 Å². The first-order valence-electron chi connectivity index (χ1n) is 7.87. The lowest BCUT2D eigenvalue weighted by molar-refractivity contribution is 0.272. The van der Waals surface area contributed by atoms with E-state index in [-0.39, 0.29) is 5.41 Å². The van der Waals surface area contributed by atoms with Crippen LogP contribution in [0.25, 0.3) is 0 Å². The van der Waals surface area contributed by atoms with E-state index in [9.17, 15) is 0 Å². The third-order valence-electron chi connectivity index (χ3n) is 4.33. The number of nitrogens with zero attached hydrogens (tertiary/aromatic N) is 2. The van der Waals surface area contributed by atoms with Crippen LogP contribution in [0.3, 0.4) is 0 Å². The lowest BCUT2D eigenvalue weighted by Gasteiger charge is -2.31. The number of hydrogen-bond donors (Lipinski definition) is 0. The third-order valence-corrected chi connectivity index (χ3v) is 5.33. The van der Waals surface area contributed by atoms with Gasteiger partial charge in [0.05, 0.1) is 16.4 Å². The zero-order valence-corrected chi connectivity index (χ0v) is 14.8. The van der Waals surface area contributed by atoms with Gasteiger partial charge in [-0.2, -0.15) is 5.10 Å². The van der Waals surface area contributed by atoms with Crippen molar-refractivity contribution in [2.75, 3.05) is 5.88 Å². The molecule has 0 fully saturated rings. The number of aryl methyl sites for hydroxylation is 2. The zero-order valence-electron chi connectivity index (χ0n) is 13.3. The summed E-state index contributed by atoms with van der Waals surface area (Å²) in [6.07, 6.45) is 6.50. The molecule has 1 rings (SSSR count). The lowest BCUT2D eigenvalue weighted by Crippen LogP contribution is -2.26. The van der Waals surface area contributed by atoms with Gasteiger partial charge in [0.25, 0.3) is 0 Å². The topological polar surface area (TPSA) is 17.8 Å². The van der Waals surface area contributed by atoms with E-state index in [1.165, 1.54) is 18.5 Å². The Morgan fingerprint density at radius 2 is 1.90 bits per heavy atom. The maximum atomic E-state index is 6.54. The fourth-order valence-corrected chi connectivity index (χ4v) is 3.44. The van der Waals surface area contributed by atoms with Gasteiger partial charge in [0.15, 0.2) is 0 Å². The molecule has 1 heterocycles. The van der Waals surface area contributed by atoms with Gasteiger partial charge in [-0.05, 0) is 38.0 Å². The highest BCUT2D eigenvalue weighted by molar-refractivity contribution is 6.31. The van der Waals surface area contributed by atoms with Gasteiger partial charge >= 0.3 is 0 Å². The molecule has 20 heavy (non-hydrogen) atoms. The second-order valence-electron chi connectivity index (χ2n) is 5.64. The van der Waals surface area contributed by atoms with E-state index in [1.54, 1.807) is 0 Å². The first kappa shape index (κ1) is 17.8. The molecule has 0 aromatic carbocycles. The first-order chi connectivity index (χ1) is 9.57. The van der Waals surface area contributed by atoms with Crippen LogP contribution in [0, 0.1) is 5.41 Å². The molecule has 0 aliphatic heterocycles. The molecule has 1 atom stereocenters. The van der Waals surface area contributed by atoms with Gasteiger partial charge in [0.2, 0.25) is 0 Å². The molecule has 0 aliphatic rings. The Morgan fingerprint density at radius 1 is 1.20 bits per heavy atom. The van der Waals surface area contributed by atoms with E-state index in [0.717, 1.165) is 42.9 Å². The molecule has 0 amide bonds. The summed E-state index contributed by atoms with van der Waals surface area (Å²) in [5, 5.41) is 5.48. The van der Waals surface area contributed by atoms with Crippen molar-refractivity contribution in [3.8, 4) is 0 Å². The molecule has 116 valence electrons. The highest BCUT2D eigenvalue weighted by Crippen LogP contribution is 2.37. The Balaban J connectivity index is 3.06. The van der Waals surface area contributed by atoms with Gasteiger partial charge < -0.3 is 0 Å². The van der Waals surface area contributed by atoms with Crippen LogP contribution in [0.2, 0.25) is 5.02 Å². The van der Waals surface area contributed by atoms with E-state index in [4.69, 9.17) is 23.2 Å². The predicted molar refractivity (Wildman–Crippen MR) is 89.0 cm³/mol. The predicted octanol–water partition coefficient (Wildman–Crippen LogP) is 5.49. The molecule has 0 aliphatic carbocycles. The molecule has 0 N–H and O–H groups in total. The number of aromatic nitrogens is 2. The van der Waals surface area contributed by atoms with E-state index in [1.807, 2.05) is 0 Å². The molecule has 0 bridgehead atoms. The maximum absolute atomic E-state index is 6.54. The van der Waals surface area contributed by atoms with Crippen LogP contribution in [0.4, 0.5) is 0 Å². The van der Waals surface area contributed by atoms with Crippen LogP contribution < -0.4 is 0 Å². The molecule has 0 spiro atoms. The highest BCUT2D eigenvalue weighted by atomic mass is 35.5. The summed E-state index contributed by atoms with van der Waals surface area (Å²) < 4.78 is 2.06. The first-order valence-corrected chi connectivity index (χ1v) is 8.78. The number of unbranched alkanes of at least 4 members (excludes halogenated alkanes) is 1. The summed E-state index contributed by atoms with van der Waals surface area (Å²) in [5.41, 5.74) is 2.34. The SMILES string of the molecule is CCCCC(CC)(CCl)Cc1c(Cl)c(CC)nn1CC. The highest BCUT2D eigenvalue weighted by Gasteiger charge is 2.30. The zero-order chi connectivity index (χ0) is 15.2. The summed E-state index contributed by atoms with van der Waals surface area (Å²) in [5.74, 6) is 0.691. The van der Waals surface area contributed by atoms with Crippen LogP contribution in [-0.2, 0) is 19.4 Å². The minimum atomic E-state index is 0.152. The minimum Gasteiger partial charge on any atom is -0.268 e. The van der Waals surface area contributed by atoms with Gasteiger partial charge in [-0.25, -0.2) is 0 Å². The second kappa shape index (κ2) is 8.29. The van der Waals surface area contributed by atoms with Crippen molar-refractivity contribution in [2.24, 2.45) is 5.41 Å². The Bertz CT molecular complexity index is 409. The van der Waals surface area contributed by atoms with Crippen molar-refractivity contribution in [2.45, 2.75) is 72.8 Å². The van der Waals surface area contributed by atoms with Gasteiger partial charge in [-0.15, -0.1) is 11.6 Å². The molecule has 1 unspecified atom stereocenters. The standard InChI is InChI=1S/C16H28Cl2N2/c1-5-9-10-16(7-3,12-17)11-14-15(18)13(6-2)19-20(14)8-4/h5-12H2,1-4H3. The molecule has 4 heteroatoms. The molecule has 2 nitrogen and oxygen atoms in total. The second-order valence-corrected chi connectivity index (χ2v) is 6.29. The average Bonchev–Trinajstić information content (AvgIpc) is 2.79. The molecule has 0 saturated carbocycles. The summed E-state index contributed by atoms with van der Waals surface area (Å²) in [4.78, 5) is 0. The summed E-state index contributed by atoms with van der Waals surface area (Å²) in [6, 6.07) is 0. The molecule has 1 aromatic heterocycles. The third kappa shape index (κ3) is 3.92. The maximum Gasteiger partial charge on any atom is 0.0850 e. The monoisotopic (exact) mass is 318 g/mol. The average molecular weight is 319 g/mol. The summed E-state index contributed by atoms with van der Waals surface area (Å²) >= 11 is 12.9. The fourth-order valence-electron chi connectivity index (χ4n) is 2.69. The van der Waals surface area contributed by atoms with E-state index in [2.05, 4.69) is 37.5 Å². The Morgan fingerprint density at radius 3 is 2.35 bits per heavy atom. The van der Waals surface area contributed by atoms with Crippen LogP contribution in [0.15, 0.2) is 0 Å². The number of hydrogen-bond acceptors (Lipinski definition) is 1. The van der Waals surface area contributed by atoms with Gasteiger partial charge in [0, 0.05) is 12.4 Å². The van der Waals surface area contributed by atoms with Crippen molar-refractivity contribution in [3.05, 3.63) is 16.4 Å².